The van der Waals surface area contributed by atoms with Crippen molar-refractivity contribution >= 4 is 29.1 Å². The highest BCUT2D eigenvalue weighted by atomic mass is 35.5. The zero-order chi connectivity index (χ0) is 23.7. The second kappa shape index (κ2) is 9.61. The largest absolute Gasteiger partial charge is 0.369 e. The standard InChI is InChI=1S/C28H28ClN3O2/c1-20-6-11-23(29)18-26(20)31-16-14-30(15-17-31)13-12-21-7-9-22(10-8-21)19-32-27(33)24-4-2-3-5-25(24)28(32)34/h2-11,18H,12-17,19H2,1H3. The fourth-order valence-corrected chi connectivity index (χ4v) is 4.97. The van der Waals surface area contributed by atoms with Gasteiger partial charge in [0.2, 0.25) is 0 Å². The minimum atomic E-state index is -0.211. The van der Waals surface area contributed by atoms with Crippen molar-refractivity contribution in [3.63, 3.8) is 0 Å². The Bertz CT molecular complexity index is 1180. The molecule has 0 atom stereocenters. The van der Waals surface area contributed by atoms with E-state index in [1.807, 2.05) is 18.2 Å². The summed E-state index contributed by atoms with van der Waals surface area (Å²) in [6.45, 7) is 7.52. The molecule has 1 saturated heterocycles. The predicted molar refractivity (Wildman–Crippen MR) is 136 cm³/mol. The number of imide groups is 1. The monoisotopic (exact) mass is 473 g/mol. The van der Waals surface area contributed by atoms with Gasteiger partial charge in [0.15, 0.2) is 0 Å². The Morgan fingerprint density at radius 1 is 0.794 bits per heavy atom. The van der Waals surface area contributed by atoms with Gasteiger partial charge in [0, 0.05) is 43.4 Å². The van der Waals surface area contributed by atoms with Crippen molar-refractivity contribution in [2.75, 3.05) is 37.6 Å². The van der Waals surface area contributed by atoms with Crippen LogP contribution in [0.1, 0.15) is 37.4 Å². The number of benzene rings is 3. The molecule has 0 N–H and O–H groups in total. The summed E-state index contributed by atoms with van der Waals surface area (Å²) in [6.07, 6.45) is 0.976. The molecular formula is C28H28ClN3O2. The highest BCUT2D eigenvalue weighted by Crippen LogP contribution is 2.26. The molecule has 0 unspecified atom stereocenters. The molecule has 174 valence electrons. The lowest BCUT2D eigenvalue weighted by Crippen LogP contribution is -2.47. The summed E-state index contributed by atoms with van der Waals surface area (Å²) in [5.74, 6) is -0.423. The van der Waals surface area contributed by atoms with Crippen LogP contribution in [0.25, 0.3) is 0 Å². The van der Waals surface area contributed by atoms with Crippen molar-refractivity contribution in [1.82, 2.24) is 9.80 Å². The molecule has 0 radical (unpaired) electrons. The zero-order valence-electron chi connectivity index (χ0n) is 19.3. The molecule has 0 saturated carbocycles. The molecule has 0 spiro atoms. The van der Waals surface area contributed by atoms with Gasteiger partial charge in [-0.3, -0.25) is 19.4 Å². The van der Waals surface area contributed by atoms with Crippen LogP contribution in [0.2, 0.25) is 5.02 Å². The van der Waals surface area contributed by atoms with Crippen LogP contribution in [0.3, 0.4) is 0 Å². The summed E-state index contributed by atoms with van der Waals surface area (Å²) in [4.78, 5) is 31.4. The Balaban J connectivity index is 1.12. The predicted octanol–water partition coefficient (Wildman–Crippen LogP) is 4.81. The van der Waals surface area contributed by atoms with Crippen LogP contribution >= 0.6 is 11.6 Å². The minimum Gasteiger partial charge on any atom is -0.369 e. The van der Waals surface area contributed by atoms with E-state index in [9.17, 15) is 9.59 Å². The molecule has 0 bridgehead atoms. The van der Waals surface area contributed by atoms with Gasteiger partial charge in [-0.1, -0.05) is 54.1 Å². The van der Waals surface area contributed by atoms with Crippen LogP contribution in [-0.4, -0.2) is 54.3 Å². The molecule has 2 aliphatic heterocycles. The third-order valence-electron chi connectivity index (χ3n) is 6.84. The number of anilines is 1. The van der Waals surface area contributed by atoms with E-state index in [2.05, 4.69) is 41.0 Å². The number of hydrogen-bond acceptors (Lipinski definition) is 4. The Morgan fingerprint density at radius 3 is 2.06 bits per heavy atom. The van der Waals surface area contributed by atoms with Gasteiger partial charge in [0.25, 0.3) is 11.8 Å². The Hall–Kier alpha value is -3.15. The lowest BCUT2D eigenvalue weighted by Gasteiger charge is -2.37. The Kier molecular flexibility index (Phi) is 6.40. The number of nitrogens with zero attached hydrogens (tertiary/aromatic N) is 3. The molecule has 3 aromatic carbocycles. The van der Waals surface area contributed by atoms with Crippen LogP contribution < -0.4 is 4.90 Å². The first-order valence-corrected chi connectivity index (χ1v) is 12.1. The number of aryl methyl sites for hydroxylation is 1. The highest BCUT2D eigenvalue weighted by molar-refractivity contribution is 6.30. The molecule has 2 heterocycles. The first kappa shape index (κ1) is 22.6. The summed E-state index contributed by atoms with van der Waals surface area (Å²) < 4.78 is 0. The number of carbonyl (C=O) groups excluding carboxylic acids is 2. The lowest BCUT2D eigenvalue weighted by molar-refractivity contribution is 0.0642. The van der Waals surface area contributed by atoms with E-state index in [4.69, 9.17) is 11.6 Å². The molecule has 0 aliphatic carbocycles. The third kappa shape index (κ3) is 4.59. The summed E-state index contributed by atoms with van der Waals surface area (Å²) >= 11 is 6.20. The van der Waals surface area contributed by atoms with Gasteiger partial charge >= 0.3 is 0 Å². The van der Waals surface area contributed by atoms with Crippen molar-refractivity contribution in [3.05, 3.63) is 99.6 Å². The van der Waals surface area contributed by atoms with E-state index in [1.165, 1.54) is 21.7 Å². The number of carbonyl (C=O) groups is 2. The van der Waals surface area contributed by atoms with E-state index in [0.717, 1.165) is 49.7 Å². The van der Waals surface area contributed by atoms with Crippen LogP contribution in [-0.2, 0) is 13.0 Å². The number of hydrogen-bond donors (Lipinski definition) is 0. The van der Waals surface area contributed by atoms with Crippen molar-refractivity contribution in [2.24, 2.45) is 0 Å². The second-order valence-electron chi connectivity index (χ2n) is 9.07. The normalized spacial score (nSPS) is 16.3. The van der Waals surface area contributed by atoms with Crippen molar-refractivity contribution in [2.45, 2.75) is 19.9 Å². The number of amides is 2. The van der Waals surface area contributed by atoms with Gasteiger partial charge in [-0.15, -0.1) is 0 Å². The average molecular weight is 474 g/mol. The first-order chi connectivity index (χ1) is 16.5. The van der Waals surface area contributed by atoms with Crippen LogP contribution in [0, 0.1) is 6.92 Å². The number of piperazine rings is 1. The Labute approximate surface area is 205 Å². The minimum absolute atomic E-state index is 0.211. The molecule has 3 aromatic rings. The first-order valence-electron chi connectivity index (χ1n) is 11.8. The van der Waals surface area contributed by atoms with E-state index < -0.39 is 0 Å². The maximum absolute atomic E-state index is 12.6. The summed E-state index contributed by atoms with van der Waals surface area (Å²) in [7, 11) is 0. The van der Waals surface area contributed by atoms with Gasteiger partial charge in [0.05, 0.1) is 17.7 Å². The van der Waals surface area contributed by atoms with E-state index in [-0.39, 0.29) is 11.8 Å². The topological polar surface area (TPSA) is 43.9 Å². The molecular weight excluding hydrogens is 446 g/mol. The van der Waals surface area contributed by atoms with Crippen LogP contribution in [0.4, 0.5) is 5.69 Å². The van der Waals surface area contributed by atoms with Gasteiger partial charge < -0.3 is 4.90 Å². The summed E-state index contributed by atoms with van der Waals surface area (Å²) in [6, 6.07) is 21.4. The van der Waals surface area contributed by atoms with Crippen molar-refractivity contribution in [1.29, 1.82) is 0 Å². The molecule has 6 heteroatoms. The zero-order valence-corrected chi connectivity index (χ0v) is 20.1. The van der Waals surface area contributed by atoms with Crippen molar-refractivity contribution < 1.29 is 9.59 Å². The summed E-state index contributed by atoms with van der Waals surface area (Å²) in [5, 5.41) is 0.787. The van der Waals surface area contributed by atoms with Gasteiger partial charge in [-0.25, -0.2) is 0 Å². The Morgan fingerprint density at radius 2 is 1.41 bits per heavy atom. The second-order valence-corrected chi connectivity index (χ2v) is 9.50. The number of rotatable bonds is 6. The van der Waals surface area contributed by atoms with Crippen molar-refractivity contribution in [3.8, 4) is 0 Å². The lowest BCUT2D eigenvalue weighted by atomic mass is 10.1. The molecule has 5 rings (SSSR count). The number of fused-ring (bicyclic) bond motifs is 1. The molecule has 34 heavy (non-hydrogen) atoms. The fourth-order valence-electron chi connectivity index (χ4n) is 4.80. The number of halogens is 1. The van der Waals surface area contributed by atoms with E-state index in [0.29, 0.717) is 17.7 Å². The third-order valence-corrected chi connectivity index (χ3v) is 7.08. The maximum atomic E-state index is 12.6. The van der Waals surface area contributed by atoms with Gasteiger partial charge in [0.1, 0.15) is 0 Å². The molecule has 1 fully saturated rings. The molecule has 0 aromatic heterocycles. The van der Waals surface area contributed by atoms with E-state index in [1.54, 1.807) is 24.3 Å². The maximum Gasteiger partial charge on any atom is 0.261 e. The van der Waals surface area contributed by atoms with Gasteiger partial charge in [-0.2, -0.15) is 0 Å². The molecule has 5 nitrogen and oxygen atoms in total. The van der Waals surface area contributed by atoms with E-state index >= 15 is 0 Å². The highest BCUT2D eigenvalue weighted by Gasteiger charge is 2.34. The molecule has 2 amide bonds. The smallest absolute Gasteiger partial charge is 0.261 e. The molecule has 2 aliphatic rings. The average Bonchev–Trinajstić information content (AvgIpc) is 3.10. The SMILES string of the molecule is Cc1ccc(Cl)cc1N1CCN(CCc2ccc(CN3C(=O)c4ccccc4C3=O)cc2)CC1. The summed E-state index contributed by atoms with van der Waals surface area (Å²) in [5.41, 5.74) is 5.72. The quantitative estimate of drug-likeness (QED) is 0.482. The van der Waals surface area contributed by atoms with Gasteiger partial charge in [-0.05, 0) is 54.3 Å². The van der Waals surface area contributed by atoms with Crippen LogP contribution in [0.15, 0.2) is 66.7 Å². The fraction of sp³-hybridized carbons (Fsp3) is 0.286. The van der Waals surface area contributed by atoms with Crippen LogP contribution in [0.5, 0.6) is 0 Å².